The van der Waals surface area contributed by atoms with E-state index < -0.39 is 16.9 Å². The minimum Gasteiger partial charge on any atom is -0.485 e. The zero-order chi connectivity index (χ0) is 19.7. The molecule has 1 atom stereocenters. The highest BCUT2D eigenvalue weighted by Gasteiger charge is 2.27. The fourth-order valence-electron chi connectivity index (χ4n) is 2.81. The molecule has 0 bridgehead atoms. The molecule has 1 amide bonds. The van der Waals surface area contributed by atoms with E-state index in [9.17, 15) is 14.9 Å². The summed E-state index contributed by atoms with van der Waals surface area (Å²) >= 11 is 1.22. The van der Waals surface area contributed by atoms with Crippen LogP contribution in [0.2, 0.25) is 0 Å². The standard InChI is InChI=1S/C19H13N3O5S/c1-2-9-21-13-10-12(22(24)25)7-8-17(13)28-19(21)20-18(23)16-11-26-14-5-3-4-6-15(14)27-16/h1,3-8,10,16H,9,11H2. The van der Waals surface area contributed by atoms with Crippen LogP contribution in [0.5, 0.6) is 11.5 Å². The van der Waals surface area contributed by atoms with Crippen molar-refractivity contribution in [3.63, 3.8) is 0 Å². The summed E-state index contributed by atoms with van der Waals surface area (Å²) in [6, 6.07) is 11.5. The molecule has 140 valence electrons. The molecule has 1 aliphatic rings. The number of fused-ring (bicyclic) bond motifs is 2. The third-order valence-electron chi connectivity index (χ3n) is 4.12. The third-order valence-corrected chi connectivity index (χ3v) is 5.17. The Labute approximate surface area is 162 Å². The highest BCUT2D eigenvalue weighted by atomic mass is 32.1. The molecule has 1 aliphatic heterocycles. The summed E-state index contributed by atoms with van der Waals surface area (Å²) < 4.78 is 13.6. The van der Waals surface area contributed by atoms with Gasteiger partial charge in [-0.25, -0.2) is 0 Å². The van der Waals surface area contributed by atoms with E-state index in [0.29, 0.717) is 21.8 Å². The lowest BCUT2D eigenvalue weighted by atomic mass is 10.2. The van der Waals surface area contributed by atoms with E-state index in [4.69, 9.17) is 15.9 Å². The molecule has 0 spiro atoms. The Bertz CT molecular complexity index is 1200. The quantitative estimate of drug-likeness (QED) is 0.386. The van der Waals surface area contributed by atoms with Crippen molar-refractivity contribution in [2.75, 3.05) is 6.61 Å². The summed E-state index contributed by atoms with van der Waals surface area (Å²) in [5.41, 5.74) is 0.490. The van der Waals surface area contributed by atoms with Gasteiger partial charge in [0.1, 0.15) is 6.61 Å². The monoisotopic (exact) mass is 395 g/mol. The molecule has 0 aliphatic carbocycles. The Kier molecular flexibility index (Phi) is 4.55. The lowest BCUT2D eigenvalue weighted by Gasteiger charge is -2.23. The van der Waals surface area contributed by atoms with Gasteiger partial charge in [0.05, 0.1) is 21.7 Å². The predicted molar refractivity (Wildman–Crippen MR) is 102 cm³/mol. The Hall–Kier alpha value is -3.64. The van der Waals surface area contributed by atoms with E-state index in [1.165, 1.54) is 23.5 Å². The highest BCUT2D eigenvalue weighted by Crippen LogP contribution is 2.31. The maximum absolute atomic E-state index is 12.6. The predicted octanol–water partition coefficient (Wildman–Crippen LogP) is 2.51. The summed E-state index contributed by atoms with van der Waals surface area (Å²) in [4.78, 5) is 27.7. The van der Waals surface area contributed by atoms with Crippen molar-refractivity contribution in [2.45, 2.75) is 12.6 Å². The number of hydrogen-bond acceptors (Lipinski definition) is 6. The van der Waals surface area contributed by atoms with Gasteiger partial charge in [-0.3, -0.25) is 14.9 Å². The number of hydrogen-bond donors (Lipinski definition) is 0. The second kappa shape index (κ2) is 7.17. The molecular weight excluding hydrogens is 382 g/mol. The zero-order valence-corrected chi connectivity index (χ0v) is 15.2. The topological polar surface area (TPSA) is 96.0 Å². The van der Waals surface area contributed by atoms with Gasteiger partial charge >= 0.3 is 0 Å². The molecule has 0 saturated carbocycles. The van der Waals surface area contributed by atoms with Gasteiger partial charge in [-0.05, 0) is 18.2 Å². The van der Waals surface area contributed by atoms with Crippen LogP contribution in [0.15, 0.2) is 47.5 Å². The van der Waals surface area contributed by atoms with E-state index in [1.807, 2.05) is 6.07 Å². The molecule has 8 nitrogen and oxygen atoms in total. The molecule has 0 saturated heterocycles. The van der Waals surface area contributed by atoms with Crippen LogP contribution in [0, 0.1) is 22.5 Å². The van der Waals surface area contributed by atoms with Crippen molar-refractivity contribution in [3.8, 4) is 23.8 Å². The van der Waals surface area contributed by atoms with Crippen LogP contribution in [0.4, 0.5) is 5.69 Å². The number of nitro groups is 1. The van der Waals surface area contributed by atoms with E-state index in [1.54, 1.807) is 28.8 Å². The number of benzene rings is 2. The maximum atomic E-state index is 12.6. The molecule has 4 rings (SSSR count). The lowest BCUT2D eigenvalue weighted by Crippen LogP contribution is -2.36. The first-order chi connectivity index (χ1) is 13.6. The van der Waals surface area contributed by atoms with Crippen molar-refractivity contribution in [2.24, 2.45) is 4.99 Å². The lowest BCUT2D eigenvalue weighted by molar-refractivity contribution is -0.384. The number of rotatable bonds is 3. The smallest absolute Gasteiger partial charge is 0.292 e. The third kappa shape index (κ3) is 3.21. The van der Waals surface area contributed by atoms with Crippen molar-refractivity contribution < 1.29 is 19.2 Å². The Balaban J connectivity index is 1.73. The van der Waals surface area contributed by atoms with E-state index in [0.717, 1.165) is 4.70 Å². The number of amides is 1. The van der Waals surface area contributed by atoms with Gasteiger partial charge in [-0.2, -0.15) is 4.99 Å². The molecule has 28 heavy (non-hydrogen) atoms. The van der Waals surface area contributed by atoms with Crippen molar-refractivity contribution in [3.05, 3.63) is 57.4 Å². The Morgan fingerprint density at radius 1 is 1.36 bits per heavy atom. The molecule has 9 heteroatoms. The first-order valence-electron chi connectivity index (χ1n) is 8.25. The molecule has 0 N–H and O–H groups in total. The number of non-ortho nitro benzene ring substituents is 1. The second-order valence-electron chi connectivity index (χ2n) is 5.90. The van der Waals surface area contributed by atoms with Crippen LogP contribution in [0.25, 0.3) is 10.2 Å². The fourth-order valence-corrected chi connectivity index (χ4v) is 3.82. The van der Waals surface area contributed by atoms with Crippen LogP contribution < -0.4 is 14.3 Å². The van der Waals surface area contributed by atoms with Gasteiger partial charge in [0, 0.05) is 12.1 Å². The van der Waals surface area contributed by atoms with E-state index in [-0.39, 0.29) is 18.8 Å². The second-order valence-corrected chi connectivity index (χ2v) is 6.91. The van der Waals surface area contributed by atoms with Crippen LogP contribution in [-0.2, 0) is 11.3 Å². The molecule has 3 aromatic rings. The number of carbonyl (C=O) groups excluding carboxylic acids is 1. The van der Waals surface area contributed by atoms with Crippen molar-refractivity contribution >= 4 is 33.1 Å². The largest absolute Gasteiger partial charge is 0.485 e. The van der Waals surface area contributed by atoms with Gasteiger partial charge in [0.15, 0.2) is 16.3 Å². The number of nitro benzene ring substituents is 1. The van der Waals surface area contributed by atoms with E-state index >= 15 is 0 Å². The van der Waals surface area contributed by atoms with E-state index in [2.05, 4.69) is 10.9 Å². The molecular formula is C19H13N3O5S. The first-order valence-corrected chi connectivity index (χ1v) is 9.07. The number of carbonyl (C=O) groups is 1. The van der Waals surface area contributed by atoms with Crippen LogP contribution >= 0.6 is 11.3 Å². The molecule has 1 aromatic heterocycles. The van der Waals surface area contributed by atoms with Gasteiger partial charge < -0.3 is 14.0 Å². The molecule has 1 unspecified atom stereocenters. The average molecular weight is 395 g/mol. The zero-order valence-electron chi connectivity index (χ0n) is 14.4. The first kappa shape index (κ1) is 17.8. The minimum absolute atomic E-state index is 0.0465. The van der Waals surface area contributed by atoms with Gasteiger partial charge in [0.2, 0.25) is 6.10 Å². The fraction of sp³-hybridized carbons (Fsp3) is 0.158. The minimum atomic E-state index is -0.881. The molecule has 2 aromatic carbocycles. The normalized spacial score (nSPS) is 16.0. The number of terminal acetylenes is 1. The van der Waals surface area contributed by atoms with Crippen LogP contribution in [0.3, 0.4) is 0 Å². The summed E-state index contributed by atoms with van der Waals surface area (Å²) in [6.45, 7) is 0.170. The average Bonchev–Trinajstić information content (AvgIpc) is 3.04. The van der Waals surface area contributed by atoms with Crippen molar-refractivity contribution in [1.29, 1.82) is 0 Å². The van der Waals surface area contributed by atoms with Crippen LogP contribution in [-0.4, -0.2) is 28.1 Å². The number of nitrogens with zero attached hydrogens (tertiary/aromatic N) is 3. The molecule has 0 radical (unpaired) electrons. The summed E-state index contributed by atoms with van der Waals surface area (Å²) in [5.74, 6) is 3.03. The van der Waals surface area contributed by atoms with Gasteiger partial charge in [-0.15, -0.1) is 6.42 Å². The maximum Gasteiger partial charge on any atom is 0.292 e. The Morgan fingerprint density at radius 3 is 2.89 bits per heavy atom. The number of ether oxygens (including phenoxy) is 2. The Morgan fingerprint density at radius 2 is 2.14 bits per heavy atom. The number of para-hydroxylation sites is 2. The van der Waals surface area contributed by atoms with Crippen molar-refractivity contribution in [1.82, 2.24) is 4.57 Å². The highest BCUT2D eigenvalue weighted by molar-refractivity contribution is 7.16. The summed E-state index contributed by atoms with van der Waals surface area (Å²) in [7, 11) is 0. The molecule has 0 fully saturated rings. The number of thiazole rings is 1. The SMILES string of the molecule is C#CCn1c(=NC(=O)C2COc3ccccc3O2)sc2ccc([N+](=O)[O-])cc21. The summed E-state index contributed by atoms with van der Waals surface area (Å²) in [6.07, 6.45) is 4.55. The van der Waals surface area contributed by atoms with Gasteiger partial charge in [-0.1, -0.05) is 29.4 Å². The molecule has 2 heterocycles. The van der Waals surface area contributed by atoms with Gasteiger partial charge in [0.25, 0.3) is 11.6 Å². The van der Waals surface area contributed by atoms with Crippen LogP contribution in [0.1, 0.15) is 0 Å². The summed E-state index contributed by atoms with van der Waals surface area (Å²) in [5, 5.41) is 11.1. The number of aromatic nitrogens is 1.